The summed E-state index contributed by atoms with van der Waals surface area (Å²) >= 11 is 0. The van der Waals surface area contributed by atoms with Gasteiger partial charge in [0.1, 0.15) is 0 Å². The van der Waals surface area contributed by atoms with Gasteiger partial charge in [-0.25, -0.2) is 4.79 Å². The lowest BCUT2D eigenvalue weighted by Gasteiger charge is -2.24. The van der Waals surface area contributed by atoms with Gasteiger partial charge in [-0.1, -0.05) is 24.3 Å². The second-order valence-corrected chi connectivity index (χ2v) is 6.96. The first-order valence-corrected chi connectivity index (χ1v) is 8.40. The largest absolute Gasteiger partial charge is 0.450 e. The third kappa shape index (κ3) is 2.58. The predicted molar refractivity (Wildman–Crippen MR) is 84.9 cm³/mol. The summed E-state index contributed by atoms with van der Waals surface area (Å²) in [7, 11) is 0. The van der Waals surface area contributed by atoms with Crippen molar-refractivity contribution in [3.63, 3.8) is 0 Å². The van der Waals surface area contributed by atoms with E-state index < -0.39 is 6.09 Å². The number of amides is 2. The molecule has 2 heterocycles. The van der Waals surface area contributed by atoms with Crippen molar-refractivity contribution in [2.24, 2.45) is 17.8 Å². The van der Waals surface area contributed by atoms with Gasteiger partial charge in [0, 0.05) is 19.6 Å². The number of hydrogen-bond acceptors (Lipinski definition) is 3. The van der Waals surface area contributed by atoms with Gasteiger partial charge in [-0.3, -0.25) is 4.79 Å². The minimum Gasteiger partial charge on any atom is -0.450 e. The van der Waals surface area contributed by atoms with Crippen LogP contribution in [0.1, 0.15) is 23.5 Å². The molecule has 2 saturated heterocycles. The van der Waals surface area contributed by atoms with E-state index in [0.29, 0.717) is 37.3 Å². The summed E-state index contributed by atoms with van der Waals surface area (Å²) in [5, 5.41) is 2.65. The number of fused-ring (bicyclic) bond motifs is 1. The average Bonchev–Trinajstić information content (AvgIpc) is 3.12. The summed E-state index contributed by atoms with van der Waals surface area (Å²) in [5.41, 5.74) is 2.80. The normalized spacial score (nSPS) is 32.6. The molecule has 122 valence electrons. The second-order valence-electron chi connectivity index (χ2n) is 6.96. The third-order valence-electron chi connectivity index (χ3n) is 5.59. The van der Waals surface area contributed by atoms with Gasteiger partial charge in [-0.05, 0) is 42.2 Å². The quantitative estimate of drug-likeness (QED) is 0.907. The van der Waals surface area contributed by atoms with Crippen molar-refractivity contribution in [3.8, 4) is 0 Å². The highest BCUT2D eigenvalue weighted by molar-refractivity contribution is 5.81. The molecule has 0 spiro atoms. The molecule has 3 fully saturated rings. The number of nitrogens with zero attached hydrogens (tertiary/aromatic N) is 1. The Morgan fingerprint density at radius 1 is 1.26 bits per heavy atom. The number of carbonyl (C=O) groups is 2. The van der Waals surface area contributed by atoms with E-state index in [4.69, 9.17) is 4.74 Å². The van der Waals surface area contributed by atoms with Crippen molar-refractivity contribution < 1.29 is 14.3 Å². The predicted octanol–water partition coefficient (Wildman–Crippen LogP) is 1.91. The molecular weight excluding hydrogens is 292 g/mol. The highest BCUT2D eigenvalue weighted by atomic mass is 16.5. The van der Waals surface area contributed by atoms with Crippen LogP contribution < -0.4 is 5.32 Å². The lowest BCUT2D eigenvalue weighted by molar-refractivity contribution is -0.135. The molecule has 4 rings (SSSR count). The molecule has 3 aliphatic rings. The fourth-order valence-corrected chi connectivity index (χ4v) is 4.25. The highest BCUT2D eigenvalue weighted by Crippen LogP contribution is 2.58. The molecule has 0 bridgehead atoms. The van der Waals surface area contributed by atoms with Crippen LogP contribution in [0.25, 0.3) is 0 Å². The molecule has 0 radical (unpaired) electrons. The number of rotatable bonds is 2. The van der Waals surface area contributed by atoms with Crippen LogP contribution in [0.2, 0.25) is 0 Å². The smallest absolute Gasteiger partial charge is 0.407 e. The third-order valence-corrected chi connectivity index (χ3v) is 5.59. The number of cyclic esters (lactones) is 1. The van der Waals surface area contributed by atoms with Crippen molar-refractivity contribution in [1.82, 2.24) is 10.2 Å². The van der Waals surface area contributed by atoms with Gasteiger partial charge in [-0.15, -0.1) is 0 Å². The summed E-state index contributed by atoms with van der Waals surface area (Å²) in [6, 6.07) is 8.58. The summed E-state index contributed by atoms with van der Waals surface area (Å²) < 4.78 is 4.94. The molecule has 2 aliphatic heterocycles. The molecule has 1 N–H and O–H groups in total. The number of ether oxygens (including phenoxy) is 1. The van der Waals surface area contributed by atoms with Crippen LogP contribution in [-0.4, -0.2) is 43.1 Å². The summed E-state index contributed by atoms with van der Waals surface area (Å²) in [6.45, 7) is 4.60. The first-order chi connectivity index (χ1) is 11.1. The topological polar surface area (TPSA) is 58.6 Å². The Kier molecular flexibility index (Phi) is 3.51. The van der Waals surface area contributed by atoms with Gasteiger partial charge in [-0.2, -0.15) is 0 Å². The van der Waals surface area contributed by atoms with Crippen molar-refractivity contribution in [2.45, 2.75) is 19.3 Å². The Bertz CT molecular complexity index is 633. The van der Waals surface area contributed by atoms with E-state index in [0.717, 1.165) is 13.1 Å². The van der Waals surface area contributed by atoms with E-state index in [-0.39, 0.29) is 11.8 Å². The Hall–Kier alpha value is -2.04. The summed E-state index contributed by atoms with van der Waals surface area (Å²) in [6.07, 6.45) is 0.203. The van der Waals surface area contributed by atoms with Crippen LogP contribution in [0, 0.1) is 24.7 Å². The van der Waals surface area contributed by atoms with Crippen LogP contribution in [-0.2, 0) is 9.53 Å². The van der Waals surface area contributed by atoms with Gasteiger partial charge in [0.2, 0.25) is 5.91 Å². The van der Waals surface area contributed by atoms with Crippen LogP contribution in [0.5, 0.6) is 0 Å². The monoisotopic (exact) mass is 314 g/mol. The lowest BCUT2D eigenvalue weighted by atomic mass is 10.0. The molecule has 5 nitrogen and oxygen atoms in total. The van der Waals surface area contributed by atoms with E-state index in [1.807, 2.05) is 4.90 Å². The van der Waals surface area contributed by atoms with Crippen LogP contribution in [0.3, 0.4) is 0 Å². The Morgan fingerprint density at radius 3 is 2.74 bits per heavy atom. The van der Waals surface area contributed by atoms with Crippen LogP contribution in [0.4, 0.5) is 4.79 Å². The number of aryl methyl sites for hydroxylation is 1. The van der Waals surface area contributed by atoms with Gasteiger partial charge >= 0.3 is 6.09 Å². The van der Waals surface area contributed by atoms with Crippen molar-refractivity contribution >= 4 is 12.0 Å². The molecule has 0 aromatic heterocycles. The molecule has 1 aromatic rings. The first kappa shape index (κ1) is 14.5. The van der Waals surface area contributed by atoms with Gasteiger partial charge in [0.15, 0.2) is 0 Å². The number of alkyl carbamates (subject to hydrolysis) is 1. The fraction of sp³-hybridized carbons (Fsp3) is 0.556. The van der Waals surface area contributed by atoms with Gasteiger partial charge in [0.05, 0.1) is 12.5 Å². The highest BCUT2D eigenvalue weighted by Gasteiger charge is 2.57. The zero-order valence-corrected chi connectivity index (χ0v) is 13.3. The molecule has 4 atom stereocenters. The maximum absolute atomic E-state index is 12.7. The Balaban J connectivity index is 1.37. The Labute approximate surface area is 136 Å². The summed E-state index contributed by atoms with van der Waals surface area (Å²) in [5.74, 6) is 1.87. The molecule has 2 amide bonds. The van der Waals surface area contributed by atoms with Crippen molar-refractivity contribution in [2.75, 3.05) is 26.2 Å². The van der Waals surface area contributed by atoms with Gasteiger partial charge < -0.3 is 15.0 Å². The zero-order valence-electron chi connectivity index (χ0n) is 13.3. The molecular formula is C18H22N2O3. The zero-order chi connectivity index (χ0) is 16.0. The van der Waals surface area contributed by atoms with Gasteiger partial charge in [0.25, 0.3) is 0 Å². The van der Waals surface area contributed by atoms with Crippen molar-refractivity contribution in [3.05, 3.63) is 35.4 Å². The Morgan fingerprint density at radius 2 is 2.00 bits per heavy atom. The standard InChI is InChI=1S/C18H22N2O3/c1-11-4-2-3-5-13(11)16-14-9-20(10-15(14)16)17(21)12-6-7-23-18(22)19-8-12/h2-5,12,14-16H,6-10H2,1H3,(H,19,22)/t12-,14-,15+,16?/m1/s1. The van der Waals surface area contributed by atoms with Crippen LogP contribution >= 0.6 is 0 Å². The lowest BCUT2D eigenvalue weighted by Crippen LogP contribution is -2.40. The van der Waals surface area contributed by atoms with E-state index in [2.05, 4.69) is 36.5 Å². The molecule has 1 saturated carbocycles. The number of nitrogens with one attached hydrogen (secondary N) is 1. The summed E-state index contributed by atoms with van der Waals surface area (Å²) in [4.78, 5) is 25.9. The number of likely N-dealkylation sites (tertiary alicyclic amines) is 1. The molecule has 1 aromatic carbocycles. The molecule has 23 heavy (non-hydrogen) atoms. The van der Waals surface area contributed by atoms with E-state index in [1.165, 1.54) is 11.1 Å². The van der Waals surface area contributed by atoms with E-state index >= 15 is 0 Å². The average molecular weight is 314 g/mol. The maximum Gasteiger partial charge on any atom is 0.407 e. The molecule has 1 unspecified atom stereocenters. The van der Waals surface area contributed by atoms with E-state index in [1.54, 1.807) is 0 Å². The molecule has 5 heteroatoms. The number of piperidine rings is 1. The SMILES string of the molecule is Cc1ccccc1C1[C@H]2CN(C(=O)[C@@H]3CCOC(=O)NC3)C[C@@H]12. The first-order valence-electron chi connectivity index (χ1n) is 8.40. The number of hydrogen-bond donors (Lipinski definition) is 1. The number of benzene rings is 1. The minimum absolute atomic E-state index is 0.143. The van der Waals surface area contributed by atoms with E-state index in [9.17, 15) is 9.59 Å². The number of carbonyl (C=O) groups excluding carboxylic acids is 2. The second kappa shape index (κ2) is 5.55. The minimum atomic E-state index is -0.413. The molecule has 1 aliphatic carbocycles. The van der Waals surface area contributed by atoms with Crippen molar-refractivity contribution in [1.29, 1.82) is 0 Å². The fourth-order valence-electron chi connectivity index (χ4n) is 4.25. The van der Waals surface area contributed by atoms with Crippen LogP contribution in [0.15, 0.2) is 24.3 Å². The maximum atomic E-state index is 12.7.